The highest BCUT2D eigenvalue weighted by Crippen LogP contribution is 2.48. The first kappa shape index (κ1) is 13.0. The van der Waals surface area contributed by atoms with Crippen molar-refractivity contribution in [2.75, 3.05) is 6.54 Å². The SMILES string of the molecule is CC(C)C1(C(C)C)CN=CC=C1c1ccncc1. The molecule has 2 nitrogen and oxygen atoms in total. The topological polar surface area (TPSA) is 25.2 Å². The number of aliphatic imine (C=N–C) groups is 1. The van der Waals surface area contributed by atoms with Gasteiger partial charge in [-0.1, -0.05) is 27.7 Å². The highest BCUT2D eigenvalue weighted by molar-refractivity contribution is 5.88. The molecule has 0 amide bonds. The van der Waals surface area contributed by atoms with Crippen LogP contribution in [0.2, 0.25) is 0 Å². The summed E-state index contributed by atoms with van der Waals surface area (Å²) in [5.41, 5.74) is 2.82. The summed E-state index contributed by atoms with van der Waals surface area (Å²) in [6, 6.07) is 4.20. The average Bonchev–Trinajstić information content (AvgIpc) is 2.39. The van der Waals surface area contributed by atoms with Crippen molar-refractivity contribution >= 4 is 11.8 Å². The minimum atomic E-state index is 0.135. The maximum atomic E-state index is 4.53. The minimum absolute atomic E-state index is 0.135. The number of pyridine rings is 1. The molecule has 2 rings (SSSR count). The number of nitrogens with zero attached hydrogens (tertiary/aromatic N) is 2. The van der Waals surface area contributed by atoms with Gasteiger partial charge in [0.2, 0.25) is 0 Å². The molecule has 18 heavy (non-hydrogen) atoms. The molecule has 2 heteroatoms. The van der Waals surface area contributed by atoms with E-state index in [0.29, 0.717) is 11.8 Å². The lowest BCUT2D eigenvalue weighted by Crippen LogP contribution is -2.39. The Hall–Kier alpha value is -1.44. The van der Waals surface area contributed by atoms with E-state index in [0.717, 1.165) is 6.54 Å². The fourth-order valence-corrected chi connectivity index (χ4v) is 3.12. The number of aromatic nitrogens is 1. The van der Waals surface area contributed by atoms with E-state index in [1.807, 2.05) is 18.6 Å². The van der Waals surface area contributed by atoms with Crippen LogP contribution in [0.3, 0.4) is 0 Å². The first-order valence-electron chi connectivity index (χ1n) is 6.70. The monoisotopic (exact) mass is 242 g/mol. The maximum Gasteiger partial charge on any atom is 0.0491 e. The summed E-state index contributed by atoms with van der Waals surface area (Å²) in [7, 11) is 0. The van der Waals surface area contributed by atoms with Crippen molar-refractivity contribution in [3.63, 3.8) is 0 Å². The molecule has 0 saturated carbocycles. The molecule has 1 aliphatic heterocycles. The predicted octanol–water partition coefficient (Wildman–Crippen LogP) is 3.85. The van der Waals surface area contributed by atoms with Crippen LogP contribution in [0.5, 0.6) is 0 Å². The molecule has 0 atom stereocenters. The predicted molar refractivity (Wildman–Crippen MR) is 77.7 cm³/mol. The smallest absolute Gasteiger partial charge is 0.0491 e. The largest absolute Gasteiger partial charge is 0.292 e. The van der Waals surface area contributed by atoms with Crippen molar-refractivity contribution < 1.29 is 0 Å². The molecule has 1 aromatic heterocycles. The van der Waals surface area contributed by atoms with Gasteiger partial charge in [0.15, 0.2) is 0 Å². The van der Waals surface area contributed by atoms with Crippen LogP contribution in [-0.4, -0.2) is 17.7 Å². The lowest BCUT2D eigenvalue weighted by Gasteiger charge is -2.44. The zero-order valence-corrected chi connectivity index (χ0v) is 11.7. The quantitative estimate of drug-likeness (QED) is 0.790. The molecule has 0 spiro atoms. The summed E-state index contributed by atoms with van der Waals surface area (Å²) in [6.07, 6.45) is 7.86. The zero-order valence-electron chi connectivity index (χ0n) is 11.7. The molecule has 2 heterocycles. The standard InChI is InChI=1S/C16H22N2/c1-12(2)16(13(3)4)11-18-10-7-15(16)14-5-8-17-9-6-14/h5-10,12-13H,11H2,1-4H3. The third-order valence-electron chi connectivity index (χ3n) is 4.25. The number of rotatable bonds is 3. The molecule has 0 N–H and O–H groups in total. The Morgan fingerprint density at radius 3 is 2.22 bits per heavy atom. The van der Waals surface area contributed by atoms with Crippen LogP contribution < -0.4 is 0 Å². The molecule has 96 valence electrons. The third kappa shape index (κ3) is 2.00. The highest BCUT2D eigenvalue weighted by atomic mass is 14.8. The number of hydrogen-bond donors (Lipinski definition) is 0. The molecular weight excluding hydrogens is 220 g/mol. The van der Waals surface area contributed by atoms with Gasteiger partial charge in [0, 0.05) is 30.6 Å². The number of allylic oxidation sites excluding steroid dienone is 1. The van der Waals surface area contributed by atoms with Gasteiger partial charge in [-0.25, -0.2) is 0 Å². The Balaban J connectivity index is 2.54. The van der Waals surface area contributed by atoms with E-state index in [9.17, 15) is 0 Å². The van der Waals surface area contributed by atoms with Gasteiger partial charge in [-0.15, -0.1) is 0 Å². The van der Waals surface area contributed by atoms with Gasteiger partial charge in [-0.2, -0.15) is 0 Å². The Labute approximate surface area is 110 Å². The molecule has 1 aromatic rings. The minimum Gasteiger partial charge on any atom is -0.292 e. The number of hydrogen-bond acceptors (Lipinski definition) is 2. The van der Waals surface area contributed by atoms with Crippen molar-refractivity contribution in [1.82, 2.24) is 4.98 Å². The van der Waals surface area contributed by atoms with E-state index in [-0.39, 0.29) is 5.41 Å². The van der Waals surface area contributed by atoms with E-state index < -0.39 is 0 Å². The molecule has 0 radical (unpaired) electrons. The Morgan fingerprint density at radius 1 is 1.06 bits per heavy atom. The summed E-state index contributed by atoms with van der Waals surface area (Å²) in [5.74, 6) is 1.13. The Kier molecular flexibility index (Phi) is 3.65. The van der Waals surface area contributed by atoms with Crippen LogP contribution in [-0.2, 0) is 0 Å². The average molecular weight is 242 g/mol. The van der Waals surface area contributed by atoms with Crippen LogP contribution in [0.15, 0.2) is 35.6 Å². The lowest BCUT2D eigenvalue weighted by atomic mass is 9.62. The van der Waals surface area contributed by atoms with Crippen LogP contribution in [0, 0.1) is 17.3 Å². The lowest BCUT2D eigenvalue weighted by molar-refractivity contribution is 0.203. The van der Waals surface area contributed by atoms with Gasteiger partial charge in [-0.3, -0.25) is 9.98 Å². The van der Waals surface area contributed by atoms with E-state index in [1.165, 1.54) is 11.1 Å². The van der Waals surface area contributed by atoms with E-state index in [1.54, 1.807) is 0 Å². The van der Waals surface area contributed by atoms with Crippen molar-refractivity contribution in [1.29, 1.82) is 0 Å². The van der Waals surface area contributed by atoms with E-state index >= 15 is 0 Å². The van der Waals surface area contributed by atoms with Gasteiger partial charge in [-0.05, 0) is 41.2 Å². The second kappa shape index (κ2) is 5.05. The summed E-state index contributed by atoms with van der Waals surface area (Å²) < 4.78 is 0. The summed E-state index contributed by atoms with van der Waals surface area (Å²) in [4.78, 5) is 8.65. The fraction of sp³-hybridized carbons (Fsp3) is 0.500. The van der Waals surface area contributed by atoms with Crippen LogP contribution in [0.1, 0.15) is 33.3 Å². The van der Waals surface area contributed by atoms with Crippen molar-refractivity contribution in [2.45, 2.75) is 27.7 Å². The molecule has 0 aromatic carbocycles. The second-order valence-corrected chi connectivity index (χ2v) is 5.66. The van der Waals surface area contributed by atoms with Gasteiger partial charge in [0.25, 0.3) is 0 Å². The molecule has 0 bridgehead atoms. The van der Waals surface area contributed by atoms with Crippen molar-refractivity contribution in [3.8, 4) is 0 Å². The van der Waals surface area contributed by atoms with Gasteiger partial charge in [0.1, 0.15) is 0 Å². The number of dihydropyridines is 1. The highest BCUT2D eigenvalue weighted by Gasteiger charge is 2.41. The zero-order chi connectivity index (χ0) is 13.2. The molecule has 0 unspecified atom stereocenters. The van der Waals surface area contributed by atoms with Crippen LogP contribution in [0.4, 0.5) is 0 Å². The van der Waals surface area contributed by atoms with Crippen LogP contribution >= 0.6 is 0 Å². The Bertz CT molecular complexity index is 447. The van der Waals surface area contributed by atoms with Gasteiger partial charge < -0.3 is 0 Å². The third-order valence-corrected chi connectivity index (χ3v) is 4.25. The van der Waals surface area contributed by atoms with Crippen molar-refractivity contribution in [2.24, 2.45) is 22.2 Å². The van der Waals surface area contributed by atoms with Gasteiger partial charge >= 0.3 is 0 Å². The van der Waals surface area contributed by atoms with Gasteiger partial charge in [0.05, 0.1) is 0 Å². The van der Waals surface area contributed by atoms with Crippen LogP contribution in [0.25, 0.3) is 5.57 Å². The molecule has 0 saturated heterocycles. The second-order valence-electron chi connectivity index (χ2n) is 5.66. The fourth-order valence-electron chi connectivity index (χ4n) is 3.12. The maximum absolute atomic E-state index is 4.53. The summed E-state index contributed by atoms with van der Waals surface area (Å²) in [5, 5.41) is 0. The van der Waals surface area contributed by atoms with E-state index in [2.05, 4.69) is 55.9 Å². The first-order chi connectivity index (χ1) is 8.59. The Morgan fingerprint density at radius 2 is 1.67 bits per heavy atom. The molecule has 1 aliphatic rings. The first-order valence-corrected chi connectivity index (χ1v) is 6.70. The summed E-state index contributed by atoms with van der Waals surface area (Å²) >= 11 is 0. The molecule has 0 fully saturated rings. The normalized spacial score (nSPS) is 18.2. The summed E-state index contributed by atoms with van der Waals surface area (Å²) in [6.45, 7) is 10.1. The molecule has 0 aliphatic carbocycles. The van der Waals surface area contributed by atoms with Crippen molar-refractivity contribution in [3.05, 3.63) is 36.2 Å². The molecular formula is C16H22N2. The van der Waals surface area contributed by atoms with E-state index in [4.69, 9.17) is 0 Å².